The minimum absolute atomic E-state index is 0.179. The molecule has 1 atom stereocenters. The minimum Gasteiger partial charge on any atom is -0.369 e. The molecule has 0 radical (unpaired) electrons. The fraction of sp³-hybridized carbons (Fsp3) is 0.188. The van der Waals surface area contributed by atoms with Crippen molar-refractivity contribution in [1.82, 2.24) is 4.90 Å². The molecular formula is C16H16N5O2+. The van der Waals surface area contributed by atoms with Crippen LogP contribution in [0.25, 0.3) is 11.1 Å². The number of carbonyl (C=O) groups is 1. The summed E-state index contributed by atoms with van der Waals surface area (Å²) in [5.74, 6) is 0.0189. The molecule has 23 heavy (non-hydrogen) atoms. The smallest absolute Gasteiger partial charge is 0.261 e. The first-order valence-electron chi connectivity index (χ1n) is 7.04. The molecule has 1 amide bonds. The molecule has 1 aromatic carbocycles. The number of nitrogens with zero attached hydrogens (tertiary/aromatic N) is 3. The molecule has 1 unspecified atom stereocenters. The van der Waals surface area contributed by atoms with Crippen LogP contribution in [0.2, 0.25) is 0 Å². The van der Waals surface area contributed by atoms with Crippen molar-refractivity contribution in [3.05, 3.63) is 53.2 Å². The summed E-state index contributed by atoms with van der Waals surface area (Å²) >= 11 is 0. The number of pyridine rings is 1. The van der Waals surface area contributed by atoms with Crippen LogP contribution in [0.3, 0.4) is 0 Å². The van der Waals surface area contributed by atoms with Gasteiger partial charge in [-0.1, -0.05) is 18.2 Å². The van der Waals surface area contributed by atoms with Gasteiger partial charge in [0.1, 0.15) is 0 Å². The van der Waals surface area contributed by atoms with Crippen LogP contribution in [0.4, 0.5) is 5.69 Å². The average molecular weight is 310 g/mol. The maximum Gasteiger partial charge on any atom is 0.261 e. The van der Waals surface area contributed by atoms with Gasteiger partial charge >= 0.3 is 0 Å². The molecule has 0 spiro atoms. The molecule has 2 aromatic rings. The molecule has 3 rings (SSSR count). The predicted molar refractivity (Wildman–Crippen MR) is 85.6 cm³/mol. The molecule has 7 nitrogen and oxygen atoms in total. The standard InChI is InChI=1S/C16H15N5O2/c1-16(14(22)21(2)15(17)19-16)12-5-3-4-10(6-12)11-7-13(20-23)9-18-8-11/h3-9H,1-2H3,(H2,17,19)/p+1. The van der Waals surface area contributed by atoms with Crippen molar-refractivity contribution in [3.63, 3.8) is 0 Å². The summed E-state index contributed by atoms with van der Waals surface area (Å²) in [6.07, 6.45) is 3.28. The van der Waals surface area contributed by atoms with Gasteiger partial charge in [0, 0.05) is 12.6 Å². The number of rotatable bonds is 3. The third-order valence-electron chi connectivity index (χ3n) is 4.04. The van der Waals surface area contributed by atoms with E-state index in [1.807, 2.05) is 24.3 Å². The van der Waals surface area contributed by atoms with E-state index >= 15 is 0 Å². The summed E-state index contributed by atoms with van der Waals surface area (Å²) in [6.45, 7) is 1.74. The van der Waals surface area contributed by atoms with Gasteiger partial charge in [0.25, 0.3) is 5.91 Å². The van der Waals surface area contributed by atoms with Crippen molar-refractivity contribution < 1.29 is 9.78 Å². The van der Waals surface area contributed by atoms with Crippen molar-refractivity contribution in [1.29, 1.82) is 0 Å². The van der Waals surface area contributed by atoms with Crippen LogP contribution in [0, 0.1) is 4.91 Å². The van der Waals surface area contributed by atoms with Gasteiger partial charge in [0.05, 0.1) is 0 Å². The second-order valence-corrected chi connectivity index (χ2v) is 5.56. The number of carbonyl (C=O) groups excluding carboxylic acids is 1. The number of nitroso groups, excluding NO2 is 1. The van der Waals surface area contributed by atoms with Crippen LogP contribution in [0.15, 0.2) is 52.9 Å². The Labute approximate surface area is 132 Å². The zero-order valence-electron chi connectivity index (χ0n) is 12.8. The zero-order chi connectivity index (χ0) is 16.6. The Kier molecular flexibility index (Phi) is 3.40. The van der Waals surface area contributed by atoms with Crippen LogP contribution < -0.4 is 10.7 Å². The van der Waals surface area contributed by atoms with Crippen molar-refractivity contribution in [2.24, 2.45) is 15.9 Å². The number of benzene rings is 1. The third kappa shape index (κ3) is 2.36. The van der Waals surface area contributed by atoms with Gasteiger partial charge in [0.2, 0.25) is 0 Å². The Morgan fingerprint density at radius 2 is 2.04 bits per heavy atom. The number of nitrogens with two attached hydrogens (primary N) is 1. The highest BCUT2D eigenvalue weighted by Gasteiger charge is 2.43. The van der Waals surface area contributed by atoms with E-state index in [2.05, 4.69) is 15.2 Å². The fourth-order valence-corrected chi connectivity index (χ4v) is 2.65. The average Bonchev–Trinajstić information content (AvgIpc) is 2.79. The van der Waals surface area contributed by atoms with Gasteiger partial charge in [0.15, 0.2) is 29.6 Å². The Morgan fingerprint density at radius 1 is 1.26 bits per heavy atom. The summed E-state index contributed by atoms with van der Waals surface area (Å²) in [5.41, 5.74) is 7.41. The van der Waals surface area contributed by atoms with E-state index in [0.717, 1.165) is 16.7 Å². The van der Waals surface area contributed by atoms with Crippen molar-refractivity contribution in [2.75, 3.05) is 7.05 Å². The fourth-order valence-electron chi connectivity index (χ4n) is 2.65. The SMILES string of the molecule is CN1C(=O)C(C)(c2cccc(-c3c[nH+]cc(N=O)c3)c2)N=C1N. The normalized spacial score (nSPS) is 20.5. The minimum atomic E-state index is -1.04. The molecule has 2 heterocycles. The second kappa shape index (κ2) is 5.28. The lowest BCUT2D eigenvalue weighted by Gasteiger charge is -2.20. The van der Waals surface area contributed by atoms with Crippen LogP contribution in [0.1, 0.15) is 12.5 Å². The number of aromatic amines is 1. The third-order valence-corrected chi connectivity index (χ3v) is 4.04. The number of guanidine groups is 1. The van der Waals surface area contributed by atoms with Crippen molar-refractivity contribution in [2.45, 2.75) is 12.5 Å². The summed E-state index contributed by atoms with van der Waals surface area (Å²) in [4.78, 5) is 31.7. The molecule has 3 N–H and O–H groups in total. The first kappa shape index (κ1) is 14.8. The lowest BCUT2D eigenvalue weighted by molar-refractivity contribution is -0.376. The number of H-pyrrole nitrogens is 1. The monoisotopic (exact) mass is 310 g/mol. The highest BCUT2D eigenvalue weighted by Crippen LogP contribution is 2.34. The van der Waals surface area contributed by atoms with Crippen molar-refractivity contribution >= 4 is 17.6 Å². The lowest BCUT2D eigenvalue weighted by atomic mass is 9.90. The molecule has 1 aromatic heterocycles. The highest BCUT2D eigenvalue weighted by atomic mass is 16.3. The molecule has 116 valence electrons. The quantitative estimate of drug-likeness (QED) is 0.870. The number of amides is 1. The van der Waals surface area contributed by atoms with Crippen LogP contribution >= 0.6 is 0 Å². The zero-order valence-corrected chi connectivity index (χ0v) is 12.8. The van der Waals surface area contributed by atoms with E-state index in [9.17, 15) is 9.70 Å². The summed E-state index contributed by atoms with van der Waals surface area (Å²) in [7, 11) is 1.60. The van der Waals surface area contributed by atoms with Crippen molar-refractivity contribution in [3.8, 4) is 11.1 Å². The van der Waals surface area contributed by atoms with E-state index in [-0.39, 0.29) is 11.9 Å². The Balaban J connectivity index is 2.07. The lowest BCUT2D eigenvalue weighted by Crippen LogP contribution is -2.38. The highest BCUT2D eigenvalue weighted by molar-refractivity contribution is 6.06. The first-order valence-corrected chi connectivity index (χ1v) is 7.04. The molecular weight excluding hydrogens is 294 g/mol. The van der Waals surface area contributed by atoms with Crippen LogP contribution in [0.5, 0.6) is 0 Å². The molecule has 0 saturated carbocycles. The van der Waals surface area contributed by atoms with E-state index in [1.54, 1.807) is 26.2 Å². The van der Waals surface area contributed by atoms with Gasteiger partial charge in [-0.3, -0.25) is 9.69 Å². The largest absolute Gasteiger partial charge is 0.369 e. The van der Waals surface area contributed by atoms with Gasteiger partial charge in [-0.05, 0) is 35.4 Å². The topological polar surface area (TPSA) is 102 Å². The van der Waals surface area contributed by atoms with Gasteiger partial charge in [-0.25, -0.2) is 9.98 Å². The Morgan fingerprint density at radius 3 is 2.70 bits per heavy atom. The number of nitrogens with one attached hydrogen (secondary N) is 1. The summed E-state index contributed by atoms with van der Waals surface area (Å²) in [6, 6.07) is 9.11. The van der Waals surface area contributed by atoms with Gasteiger partial charge < -0.3 is 5.73 Å². The summed E-state index contributed by atoms with van der Waals surface area (Å²) in [5, 5.41) is 2.92. The molecule has 0 aliphatic carbocycles. The van der Waals surface area contributed by atoms with Gasteiger partial charge in [-0.15, -0.1) is 4.91 Å². The van der Waals surface area contributed by atoms with E-state index in [1.165, 1.54) is 11.1 Å². The van der Waals surface area contributed by atoms with E-state index in [0.29, 0.717) is 5.69 Å². The second-order valence-electron chi connectivity index (χ2n) is 5.56. The molecule has 1 aliphatic rings. The van der Waals surface area contributed by atoms with Crippen LogP contribution in [-0.2, 0) is 10.3 Å². The summed E-state index contributed by atoms with van der Waals surface area (Å²) < 4.78 is 0. The number of aliphatic imine (C=N–C) groups is 1. The van der Waals surface area contributed by atoms with Crippen LogP contribution in [-0.4, -0.2) is 23.8 Å². The number of hydrogen-bond acceptors (Lipinski definition) is 5. The first-order chi connectivity index (χ1) is 11.0. The maximum absolute atomic E-state index is 12.5. The molecule has 0 bridgehead atoms. The molecule has 0 saturated heterocycles. The molecule has 7 heteroatoms. The maximum atomic E-state index is 12.5. The van der Waals surface area contributed by atoms with E-state index in [4.69, 9.17) is 5.73 Å². The number of likely N-dealkylation sites (N-methyl/N-ethyl adjacent to an activating group) is 1. The van der Waals surface area contributed by atoms with E-state index < -0.39 is 5.54 Å². The molecule has 1 aliphatic heterocycles. The van der Waals surface area contributed by atoms with Gasteiger partial charge in [-0.2, -0.15) is 0 Å². The number of aromatic nitrogens is 1. The predicted octanol–water partition coefficient (Wildman–Crippen LogP) is 1.57. The Hall–Kier alpha value is -3.09. The molecule has 0 fully saturated rings. The number of hydrogen-bond donors (Lipinski definition) is 1. The Bertz CT molecular complexity index is 833.